The molecule has 1 atom stereocenters. The molecule has 1 amide bonds. The van der Waals surface area contributed by atoms with Gasteiger partial charge in [0.15, 0.2) is 5.78 Å². The second kappa shape index (κ2) is 5.39. The summed E-state index contributed by atoms with van der Waals surface area (Å²) in [4.78, 5) is 23.1. The molecule has 1 rings (SSSR count). The van der Waals surface area contributed by atoms with Crippen LogP contribution < -0.4 is 0 Å². The van der Waals surface area contributed by atoms with Crippen molar-refractivity contribution >= 4 is 39.4 Å². The van der Waals surface area contributed by atoms with Crippen molar-refractivity contribution in [3.05, 3.63) is 0 Å². The van der Waals surface area contributed by atoms with Crippen molar-refractivity contribution in [1.82, 2.24) is 4.90 Å². The van der Waals surface area contributed by atoms with Crippen LogP contribution in [0.5, 0.6) is 0 Å². The average Bonchev–Trinajstić information content (AvgIpc) is 2.25. The first-order chi connectivity index (χ1) is 7.38. The lowest BCUT2D eigenvalue weighted by molar-refractivity contribution is -0.187. The first-order valence-electron chi connectivity index (χ1n) is 4.42. The lowest BCUT2D eigenvalue weighted by Gasteiger charge is -2.34. The maximum atomic E-state index is 12.3. The van der Waals surface area contributed by atoms with E-state index in [0.717, 1.165) is 0 Å². The normalized spacial score (nSPS) is 22.0. The van der Waals surface area contributed by atoms with Crippen LogP contribution in [0.2, 0.25) is 0 Å². The topological polar surface area (TPSA) is 37.4 Å². The summed E-state index contributed by atoms with van der Waals surface area (Å²) in [5, 5.41) is -0.0418. The van der Waals surface area contributed by atoms with Gasteiger partial charge in [0, 0.05) is 18.1 Å². The van der Waals surface area contributed by atoms with Crippen LogP contribution in [0.15, 0.2) is 0 Å². The standard InChI is InChI=1S/C8H9BrF3NO2S/c9-3-6(14)5-4-16-2-1-13(5)7(15)8(10,11)12/h5H,1-4H2. The van der Waals surface area contributed by atoms with Crippen LogP contribution in [-0.4, -0.2) is 52.2 Å². The summed E-state index contributed by atoms with van der Waals surface area (Å²) in [6, 6.07) is -0.966. The molecule has 0 radical (unpaired) electrons. The molecular formula is C8H9BrF3NO2S. The van der Waals surface area contributed by atoms with Crippen molar-refractivity contribution in [3.63, 3.8) is 0 Å². The van der Waals surface area contributed by atoms with E-state index in [1.54, 1.807) is 0 Å². The molecule has 0 saturated carbocycles. The van der Waals surface area contributed by atoms with Gasteiger partial charge in [-0.1, -0.05) is 15.9 Å². The molecule has 1 aliphatic rings. The van der Waals surface area contributed by atoms with E-state index in [2.05, 4.69) is 15.9 Å². The number of alkyl halides is 4. The lowest BCUT2D eigenvalue weighted by Crippen LogP contribution is -2.54. The summed E-state index contributed by atoms with van der Waals surface area (Å²) in [6.45, 7) is -0.0353. The summed E-state index contributed by atoms with van der Waals surface area (Å²) in [6.07, 6.45) is -4.91. The summed E-state index contributed by atoms with van der Waals surface area (Å²) >= 11 is 4.27. The molecule has 92 valence electrons. The van der Waals surface area contributed by atoms with Crippen molar-refractivity contribution in [2.45, 2.75) is 12.2 Å². The summed E-state index contributed by atoms with van der Waals surface area (Å²) < 4.78 is 36.8. The summed E-state index contributed by atoms with van der Waals surface area (Å²) in [5.41, 5.74) is 0. The Labute approximate surface area is 103 Å². The first kappa shape index (κ1) is 13.8. The Hall–Kier alpha value is -0.240. The Kier molecular flexibility index (Phi) is 4.66. The van der Waals surface area contributed by atoms with Crippen molar-refractivity contribution in [2.24, 2.45) is 0 Å². The van der Waals surface area contributed by atoms with Crippen LogP contribution in [0, 0.1) is 0 Å². The molecule has 0 aliphatic carbocycles. The van der Waals surface area contributed by atoms with E-state index < -0.39 is 23.9 Å². The Morgan fingerprint density at radius 1 is 1.44 bits per heavy atom. The van der Waals surface area contributed by atoms with Crippen LogP contribution >= 0.6 is 27.7 Å². The molecule has 0 aromatic heterocycles. The molecule has 0 aromatic carbocycles. The zero-order chi connectivity index (χ0) is 12.3. The van der Waals surface area contributed by atoms with Gasteiger partial charge in [-0.25, -0.2) is 0 Å². The van der Waals surface area contributed by atoms with Crippen LogP contribution in [0.4, 0.5) is 13.2 Å². The van der Waals surface area contributed by atoms with Gasteiger partial charge in [-0.3, -0.25) is 9.59 Å². The number of amides is 1. The van der Waals surface area contributed by atoms with Gasteiger partial charge >= 0.3 is 12.1 Å². The fourth-order valence-corrected chi connectivity index (χ4v) is 2.82. The summed E-state index contributed by atoms with van der Waals surface area (Å²) in [5.74, 6) is -1.67. The minimum Gasteiger partial charge on any atom is -0.323 e. The molecule has 0 spiro atoms. The van der Waals surface area contributed by atoms with Crippen LogP contribution in [0.25, 0.3) is 0 Å². The number of hydrogen-bond acceptors (Lipinski definition) is 3. The first-order valence-corrected chi connectivity index (χ1v) is 6.69. The van der Waals surface area contributed by atoms with Gasteiger partial charge in [-0.2, -0.15) is 24.9 Å². The van der Waals surface area contributed by atoms with E-state index in [9.17, 15) is 22.8 Å². The molecule has 0 bridgehead atoms. The number of nitrogens with zero attached hydrogens (tertiary/aromatic N) is 1. The Morgan fingerprint density at radius 3 is 2.56 bits per heavy atom. The smallest absolute Gasteiger partial charge is 0.323 e. The molecule has 0 N–H and O–H groups in total. The molecule has 0 aromatic rings. The second-order valence-electron chi connectivity index (χ2n) is 3.19. The molecule has 8 heteroatoms. The average molecular weight is 320 g/mol. The van der Waals surface area contributed by atoms with E-state index in [0.29, 0.717) is 10.7 Å². The number of thioether (sulfide) groups is 1. The molecule has 3 nitrogen and oxygen atoms in total. The van der Waals surface area contributed by atoms with Gasteiger partial charge in [0.2, 0.25) is 0 Å². The molecule has 16 heavy (non-hydrogen) atoms. The van der Waals surface area contributed by atoms with Crippen LogP contribution in [0.1, 0.15) is 0 Å². The maximum absolute atomic E-state index is 12.3. The monoisotopic (exact) mass is 319 g/mol. The Morgan fingerprint density at radius 2 is 2.06 bits per heavy atom. The second-order valence-corrected chi connectivity index (χ2v) is 4.90. The van der Waals surface area contributed by atoms with Crippen molar-refractivity contribution in [3.8, 4) is 0 Å². The lowest BCUT2D eigenvalue weighted by atomic mass is 10.2. The van der Waals surface area contributed by atoms with Gasteiger partial charge in [-0.15, -0.1) is 0 Å². The highest BCUT2D eigenvalue weighted by Crippen LogP contribution is 2.25. The predicted molar refractivity (Wildman–Crippen MR) is 57.7 cm³/mol. The maximum Gasteiger partial charge on any atom is 0.471 e. The van der Waals surface area contributed by atoms with Gasteiger partial charge < -0.3 is 4.90 Å². The third-order valence-electron chi connectivity index (χ3n) is 2.14. The molecule has 1 saturated heterocycles. The number of rotatable bonds is 2. The van der Waals surface area contributed by atoms with Gasteiger partial charge in [0.05, 0.1) is 5.33 Å². The SMILES string of the molecule is O=C(CBr)C1CSCCN1C(=O)C(F)(F)F. The number of carbonyl (C=O) groups excluding carboxylic acids is 2. The zero-order valence-corrected chi connectivity index (χ0v) is 10.5. The Bertz CT molecular complexity index is 297. The number of ketones is 1. The predicted octanol–water partition coefficient (Wildman–Crippen LogP) is 1.46. The van der Waals surface area contributed by atoms with Gasteiger partial charge in [0.25, 0.3) is 0 Å². The molecule has 1 heterocycles. The van der Waals surface area contributed by atoms with E-state index in [-0.39, 0.29) is 17.6 Å². The van der Waals surface area contributed by atoms with E-state index in [4.69, 9.17) is 0 Å². The third-order valence-corrected chi connectivity index (χ3v) is 3.71. The van der Waals surface area contributed by atoms with Crippen LogP contribution in [0.3, 0.4) is 0 Å². The third kappa shape index (κ3) is 3.13. The highest BCUT2D eigenvalue weighted by atomic mass is 79.9. The quantitative estimate of drug-likeness (QED) is 0.723. The molecule has 1 aliphatic heterocycles. The van der Waals surface area contributed by atoms with Crippen molar-refractivity contribution in [2.75, 3.05) is 23.4 Å². The zero-order valence-electron chi connectivity index (χ0n) is 8.09. The molecule has 1 fully saturated rings. The minimum absolute atomic E-state index is 0.0353. The van der Waals surface area contributed by atoms with Crippen LogP contribution in [-0.2, 0) is 9.59 Å². The largest absolute Gasteiger partial charge is 0.471 e. The highest BCUT2D eigenvalue weighted by molar-refractivity contribution is 9.09. The number of Topliss-reactive ketones (excluding diaryl/α,β-unsaturated/α-hetero) is 1. The Balaban J connectivity index is 2.82. The minimum atomic E-state index is -4.91. The van der Waals surface area contributed by atoms with Gasteiger partial charge in [-0.05, 0) is 0 Å². The van der Waals surface area contributed by atoms with Crippen molar-refractivity contribution in [1.29, 1.82) is 0 Å². The fourth-order valence-electron chi connectivity index (χ4n) is 1.37. The van der Waals surface area contributed by atoms with E-state index in [1.807, 2.05) is 0 Å². The van der Waals surface area contributed by atoms with Gasteiger partial charge in [0.1, 0.15) is 6.04 Å². The molecule has 1 unspecified atom stereocenters. The van der Waals surface area contributed by atoms with E-state index in [1.165, 1.54) is 11.8 Å². The fraction of sp³-hybridized carbons (Fsp3) is 0.750. The number of halogens is 4. The molecular weight excluding hydrogens is 311 g/mol. The number of hydrogen-bond donors (Lipinski definition) is 0. The highest BCUT2D eigenvalue weighted by Gasteiger charge is 2.46. The summed E-state index contributed by atoms with van der Waals surface area (Å²) in [7, 11) is 0. The van der Waals surface area contributed by atoms with E-state index >= 15 is 0 Å². The van der Waals surface area contributed by atoms with Crippen molar-refractivity contribution < 1.29 is 22.8 Å². The number of carbonyl (C=O) groups is 2.